The quantitative estimate of drug-likeness (QED) is 0.499. The molecule has 31 heavy (non-hydrogen) atoms. The van der Waals surface area contributed by atoms with Crippen LogP contribution in [0.15, 0.2) is 48.5 Å². The smallest absolute Gasteiger partial charge is 0.261 e. The van der Waals surface area contributed by atoms with E-state index in [1.165, 1.54) is 17.0 Å². The van der Waals surface area contributed by atoms with Gasteiger partial charge >= 0.3 is 0 Å². The molecule has 2 rings (SSSR count). The standard InChI is InChI=1S/C23H28ClFN2O4/c1-3-30-14-6-13-26-23(29)17(2)27(15-18-9-11-19(25)12-10-18)22(28)16-31-21-8-5-4-7-20(21)24/h4-5,7-12,17H,3,6,13-16H2,1-2H3,(H,26,29)/t17-/m0/s1. The molecule has 0 saturated carbocycles. The number of benzene rings is 2. The molecule has 0 aromatic heterocycles. The fourth-order valence-electron chi connectivity index (χ4n) is 2.83. The number of nitrogens with one attached hydrogen (secondary N) is 1. The summed E-state index contributed by atoms with van der Waals surface area (Å²) >= 11 is 6.08. The summed E-state index contributed by atoms with van der Waals surface area (Å²) in [5.74, 6) is -0.665. The van der Waals surface area contributed by atoms with Gasteiger partial charge in [0.1, 0.15) is 17.6 Å². The predicted molar refractivity (Wildman–Crippen MR) is 117 cm³/mol. The molecule has 0 heterocycles. The second-order valence-electron chi connectivity index (χ2n) is 6.88. The van der Waals surface area contributed by atoms with Crippen molar-refractivity contribution >= 4 is 23.4 Å². The van der Waals surface area contributed by atoms with E-state index in [1.807, 2.05) is 6.92 Å². The summed E-state index contributed by atoms with van der Waals surface area (Å²) in [6.07, 6.45) is 0.674. The third-order valence-electron chi connectivity index (χ3n) is 4.59. The predicted octanol–water partition coefficient (Wildman–Crippen LogP) is 3.82. The summed E-state index contributed by atoms with van der Waals surface area (Å²) in [4.78, 5) is 27.0. The minimum Gasteiger partial charge on any atom is -0.482 e. The van der Waals surface area contributed by atoms with Crippen LogP contribution in [0, 0.1) is 5.82 Å². The first-order valence-corrected chi connectivity index (χ1v) is 10.6. The molecule has 6 nitrogen and oxygen atoms in total. The van der Waals surface area contributed by atoms with Crippen LogP contribution in [0.2, 0.25) is 5.02 Å². The molecule has 0 aliphatic heterocycles. The Bertz CT molecular complexity index is 848. The molecular weight excluding hydrogens is 423 g/mol. The summed E-state index contributed by atoms with van der Waals surface area (Å²) in [5.41, 5.74) is 0.698. The highest BCUT2D eigenvalue weighted by Gasteiger charge is 2.26. The first kappa shape index (κ1) is 24.6. The first-order valence-electron chi connectivity index (χ1n) is 10.2. The Balaban J connectivity index is 2.05. The maximum atomic E-state index is 13.3. The van der Waals surface area contributed by atoms with E-state index in [0.717, 1.165) is 0 Å². The molecule has 0 fully saturated rings. The van der Waals surface area contributed by atoms with Crippen LogP contribution in [0.25, 0.3) is 0 Å². The average Bonchev–Trinajstić information content (AvgIpc) is 2.77. The Morgan fingerprint density at radius 2 is 1.87 bits per heavy atom. The molecule has 0 bridgehead atoms. The number of amides is 2. The Labute approximate surface area is 187 Å². The number of carbonyl (C=O) groups excluding carboxylic acids is 2. The van der Waals surface area contributed by atoms with Gasteiger partial charge in [0.05, 0.1) is 5.02 Å². The minimum atomic E-state index is -0.750. The Kier molecular flexibility index (Phi) is 10.3. The number of hydrogen-bond acceptors (Lipinski definition) is 4. The zero-order valence-corrected chi connectivity index (χ0v) is 18.5. The molecule has 0 saturated heterocycles. The Morgan fingerprint density at radius 1 is 1.16 bits per heavy atom. The molecule has 0 aliphatic rings. The number of hydrogen-bond donors (Lipinski definition) is 1. The SMILES string of the molecule is CCOCCCNC(=O)[C@H](C)N(Cc1ccc(F)cc1)C(=O)COc1ccccc1Cl. The average molecular weight is 451 g/mol. The van der Waals surface area contributed by atoms with E-state index < -0.39 is 6.04 Å². The maximum absolute atomic E-state index is 13.3. The lowest BCUT2D eigenvalue weighted by molar-refractivity contribution is -0.142. The molecular formula is C23H28ClFN2O4. The number of carbonyl (C=O) groups is 2. The second kappa shape index (κ2) is 12.9. The number of ether oxygens (including phenoxy) is 2. The summed E-state index contributed by atoms with van der Waals surface area (Å²) < 4.78 is 24.1. The Morgan fingerprint density at radius 3 is 2.55 bits per heavy atom. The summed E-state index contributed by atoms with van der Waals surface area (Å²) in [7, 11) is 0. The van der Waals surface area contributed by atoms with Gasteiger partial charge in [-0.3, -0.25) is 9.59 Å². The van der Waals surface area contributed by atoms with Crippen molar-refractivity contribution in [1.82, 2.24) is 10.2 Å². The molecule has 2 aromatic rings. The topological polar surface area (TPSA) is 67.9 Å². The fraction of sp³-hybridized carbons (Fsp3) is 0.391. The van der Waals surface area contributed by atoms with Crippen LogP contribution >= 0.6 is 11.6 Å². The second-order valence-corrected chi connectivity index (χ2v) is 7.29. The normalized spacial score (nSPS) is 11.6. The van der Waals surface area contributed by atoms with Gasteiger partial charge in [-0.25, -0.2) is 4.39 Å². The van der Waals surface area contributed by atoms with Crippen molar-refractivity contribution in [1.29, 1.82) is 0 Å². The molecule has 2 aromatic carbocycles. The van der Waals surface area contributed by atoms with Gasteiger partial charge in [0.2, 0.25) is 5.91 Å². The molecule has 1 N–H and O–H groups in total. The molecule has 8 heteroatoms. The van der Waals surface area contributed by atoms with Crippen molar-refractivity contribution in [3.05, 3.63) is 64.9 Å². The van der Waals surface area contributed by atoms with Gasteiger partial charge in [0, 0.05) is 26.3 Å². The molecule has 0 unspecified atom stereocenters. The molecule has 168 valence electrons. The lowest BCUT2D eigenvalue weighted by Crippen LogP contribution is -2.49. The summed E-state index contributed by atoms with van der Waals surface area (Å²) in [6.45, 7) is 5.02. The van der Waals surface area contributed by atoms with Gasteiger partial charge in [0.25, 0.3) is 5.91 Å². The van der Waals surface area contributed by atoms with E-state index in [1.54, 1.807) is 43.3 Å². The van der Waals surface area contributed by atoms with Crippen molar-refractivity contribution in [3.8, 4) is 5.75 Å². The van der Waals surface area contributed by atoms with Crippen molar-refractivity contribution in [2.45, 2.75) is 32.9 Å². The fourth-order valence-corrected chi connectivity index (χ4v) is 3.02. The van der Waals surface area contributed by atoms with E-state index in [-0.39, 0.29) is 30.8 Å². The van der Waals surface area contributed by atoms with Gasteiger partial charge in [-0.05, 0) is 50.1 Å². The van der Waals surface area contributed by atoms with Gasteiger partial charge in [0.15, 0.2) is 6.61 Å². The molecule has 0 spiro atoms. The zero-order valence-electron chi connectivity index (χ0n) is 17.8. The monoisotopic (exact) mass is 450 g/mol. The minimum absolute atomic E-state index is 0.137. The lowest BCUT2D eigenvalue weighted by Gasteiger charge is -2.28. The number of halogens is 2. The van der Waals surface area contributed by atoms with Crippen molar-refractivity contribution < 1.29 is 23.5 Å². The van der Waals surface area contributed by atoms with Gasteiger partial charge < -0.3 is 19.7 Å². The van der Waals surface area contributed by atoms with Gasteiger partial charge in [-0.15, -0.1) is 0 Å². The summed E-state index contributed by atoms with van der Waals surface area (Å²) in [6, 6.07) is 11.9. The molecule has 2 amide bonds. The van der Waals surface area contributed by atoms with Crippen LogP contribution in [0.1, 0.15) is 25.8 Å². The van der Waals surface area contributed by atoms with Crippen LogP contribution in [-0.2, 0) is 20.9 Å². The highest BCUT2D eigenvalue weighted by Crippen LogP contribution is 2.23. The van der Waals surface area contributed by atoms with Crippen LogP contribution in [0.3, 0.4) is 0 Å². The van der Waals surface area contributed by atoms with Gasteiger partial charge in [-0.1, -0.05) is 35.9 Å². The molecule has 0 radical (unpaired) electrons. The highest BCUT2D eigenvalue weighted by atomic mass is 35.5. The van der Waals surface area contributed by atoms with Crippen LogP contribution in [0.4, 0.5) is 4.39 Å². The third kappa shape index (κ3) is 8.19. The highest BCUT2D eigenvalue weighted by molar-refractivity contribution is 6.32. The first-order chi connectivity index (χ1) is 14.9. The van der Waals surface area contributed by atoms with Crippen molar-refractivity contribution in [3.63, 3.8) is 0 Å². The third-order valence-corrected chi connectivity index (χ3v) is 4.90. The number of nitrogens with zero attached hydrogens (tertiary/aromatic N) is 1. The van der Waals surface area contributed by atoms with Gasteiger partial charge in [-0.2, -0.15) is 0 Å². The van der Waals surface area contributed by atoms with Crippen molar-refractivity contribution in [2.24, 2.45) is 0 Å². The lowest BCUT2D eigenvalue weighted by atomic mass is 10.1. The maximum Gasteiger partial charge on any atom is 0.261 e. The van der Waals surface area contributed by atoms with Crippen molar-refractivity contribution in [2.75, 3.05) is 26.4 Å². The van der Waals surface area contributed by atoms with E-state index >= 15 is 0 Å². The van der Waals surface area contributed by atoms with Crippen LogP contribution in [-0.4, -0.2) is 49.1 Å². The van der Waals surface area contributed by atoms with E-state index in [4.69, 9.17) is 21.1 Å². The number of rotatable bonds is 12. The number of para-hydroxylation sites is 1. The van der Waals surface area contributed by atoms with Crippen LogP contribution in [0.5, 0.6) is 5.75 Å². The summed E-state index contributed by atoms with van der Waals surface area (Å²) in [5, 5.41) is 3.21. The van der Waals surface area contributed by atoms with E-state index in [9.17, 15) is 14.0 Å². The zero-order chi connectivity index (χ0) is 22.6. The Hall–Kier alpha value is -2.64. The van der Waals surface area contributed by atoms with E-state index in [2.05, 4.69) is 5.32 Å². The van der Waals surface area contributed by atoms with E-state index in [0.29, 0.717) is 42.5 Å². The van der Waals surface area contributed by atoms with Crippen LogP contribution < -0.4 is 10.1 Å². The molecule has 0 aliphatic carbocycles. The molecule has 1 atom stereocenters. The largest absolute Gasteiger partial charge is 0.482 e.